The minimum atomic E-state index is -3.67. The van der Waals surface area contributed by atoms with E-state index in [1.807, 2.05) is 0 Å². The van der Waals surface area contributed by atoms with Crippen molar-refractivity contribution in [2.24, 2.45) is 0 Å². The number of hydrogen-bond donors (Lipinski definition) is 0. The third-order valence-corrected chi connectivity index (χ3v) is 8.49. The van der Waals surface area contributed by atoms with Crippen molar-refractivity contribution in [3.63, 3.8) is 0 Å². The lowest BCUT2D eigenvalue weighted by atomic mass is 10.2. The molecule has 0 spiro atoms. The van der Waals surface area contributed by atoms with Crippen LogP contribution in [0.2, 0.25) is 0 Å². The first-order chi connectivity index (χ1) is 13.9. The van der Waals surface area contributed by atoms with Gasteiger partial charge in [0.15, 0.2) is 0 Å². The molecule has 0 radical (unpaired) electrons. The van der Waals surface area contributed by atoms with Crippen LogP contribution < -0.4 is 9.21 Å². The fourth-order valence-corrected chi connectivity index (χ4v) is 5.39. The second-order valence-electron chi connectivity index (χ2n) is 7.12. The first-order valence-corrected chi connectivity index (χ1v) is 13.4. The number of rotatable bonds is 6. The van der Waals surface area contributed by atoms with Crippen LogP contribution in [0.3, 0.4) is 0 Å². The van der Waals surface area contributed by atoms with Gasteiger partial charge in [-0.25, -0.2) is 21.1 Å². The molecule has 11 heteroatoms. The van der Waals surface area contributed by atoms with E-state index in [2.05, 4.69) is 22.6 Å². The molecular weight excluding hydrogens is 541 g/mol. The molecule has 0 atom stereocenters. The number of amides is 1. The normalized spacial score (nSPS) is 14.1. The summed E-state index contributed by atoms with van der Waals surface area (Å²) >= 11 is 2.12. The second kappa shape index (κ2) is 8.44. The molecule has 0 fully saturated rings. The van der Waals surface area contributed by atoms with Gasteiger partial charge in [0, 0.05) is 29.9 Å². The third kappa shape index (κ3) is 4.63. The number of carbonyl (C=O) groups excluding carboxylic acids is 1. The minimum Gasteiger partial charge on any atom is -0.310 e. The lowest BCUT2D eigenvalue weighted by molar-refractivity contribution is -0.117. The van der Waals surface area contributed by atoms with E-state index in [1.165, 1.54) is 25.1 Å². The Morgan fingerprint density at radius 1 is 1.07 bits per heavy atom. The van der Waals surface area contributed by atoms with Gasteiger partial charge in [0.05, 0.1) is 16.8 Å². The molecule has 0 N–H and O–H groups in total. The molecule has 0 saturated heterocycles. The number of carbonyl (C=O) groups is 1. The van der Waals surface area contributed by atoms with Crippen molar-refractivity contribution in [2.45, 2.75) is 11.3 Å². The number of anilines is 2. The molecule has 0 aliphatic carbocycles. The number of benzene rings is 2. The molecule has 3 rings (SSSR count). The van der Waals surface area contributed by atoms with Gasteiger partial charge in [-0.3, -0.25) is 9.10 Å². The quantitative estimate of drug-likeness (QED) is 0.501. The minimum absolute atomic E-state index is 0.164. The summed E-state index contributed by atoms with van der Waals surface area (Å²) in [5.74, 6) is -0.374. The highest BCUT2D eigenvalue weighted by Gasteiger charge is 2.30. The van der Waals surface area contributed by atoms with E-state index in [4.69, 9.17) is 0 Å². The van der Waals surface area contributed by atoms with Gasteiger partial charge < -0.3 is 4.90 Å². The highest BCUT2D eigenvalue weighted by atomic mass is 127. The first kappa shape index (κ1) is 23.0. The van der Waals surface area contributed by atoms with Crippen molar-refractivity contribution in [3.05, 3.63) is 51.6 Å². The first-order valence-electron chi connectivity index (χ1n) is 9.00. The van der Waals surface area contributed by atoms with Crippen molar-refractivity contribution < 1.29 is 21.6 Å². The standard InChI is InChI=1S/C19H22IN3O5S2/c1-21(2)30(27,28)17-8-9-18-14(12-17)10-11-22(18)19(24)13-23(29(3,25)26)16-6-4-15(20)5-7-16/h4-9,12H,10-11,13H2,1-3H3. The Balaban J connectivity index is 1.88. The number of fused-ring (bicyclic) bond motifs is 1. The molecule has 0 aromatic heterocycles. The zero-order chi connectivity index (χ0) is 22.3. The fourth-order valence-electron chi connectivity index (χ4n) is 3.22. The summed E-state index contributed by atoms with van der Waals surface area (Å²) in [5, 5.41) is 0. The van der Waals surface area contributed by atoms with Crippen molar-refractivity contribution in [1.29, 1.82) is 0 Å². The number of sulfonamides is 2. The fraction of sp³-hybridized carbons (Fsp3) is 0.316. The van der Waals surface area contributed by atoms with Crippen molar-refractivity contribution in [2.75, 3.05) is 42.6 Å². The number of nitrogens with zero attached hydrogens (tertiary/aromatic N) is 3. The Hall–Kier alpha value is -1.70. The zero-order valence-electron chi connectivity index (χ0n) is 16.7. The Morgan fingerprint density at radius 2 is 1.70 bits per heavy atom. The van der Waals surface area contributed by atoms with Gasteiger partial charge in [0.2, 0.25) is 26.0 Å². The molecule has 30 heavy (non-hydrogen) atoms. The van der Waals surface area contributed by atoms with Crippen LogP contribution >= 0.6 is 22.6 Å². The van der Waals surface area contributed by atoms with Gasteiger partial charge in [-0.2, -0.15) is 0 Å². The Labute approximate surface area is 190 Å². The summed E-state index contributed by atoms with van der Waals surface area (Å²) in [4.78, 5) is 14.7. The predicted molar refractivity (Wildman–Crippen MR) is 125 cm³/mol. The van der Waals surface area contributed by atoms with Crippen molar-refractivity contribution in [1.82, 2.24) is 4.31 Å². The van der Waals surface area contributed by atoms with E-state index in [9.17, 15) is 21.6 Å². The molecule has 1 heterocycles. The van der Waals surface area contributed by atoms with E-state index < -0.39 is 20.0 Å². The van der Waals surface area contributed by atoms with E-state index >= 15 is 0 Å². The van der Waals surface area contributed by atoms with Gasteiger partial charge >= 0.3 is 0 Å². The van der Waals surface area contributed by atoms with Crippen LogP contribution in [-0.2, 0) is 31.3 Å². The zero-order valence-corrected chi connectivity index (χ0v) is 20.5. The maximum atomic E-state index is 13.0. The number of halogens is 1. The van der Waals surface area contributed by atoms with Crippen LogP contribution in [0.15, 0.2) is 47.4 Å². The Bertz CT molecular complexity index is 1180. The average molecular weight is 563 g/mol. The molecule has 0 bridgehead atoms. The van der Waals surface area contributed by atoms with Gasteiger partial charge in [0.25, 0.3) is 0 Å². The molecule has 2 aromatic carbocycles. The van der Waals surface area contributed by atoms with Crippen LogP contribution in [0.1, 0.15) is 5.56 Å². The van der Waals surface area contributed by atoms with Crippen LogP contribution in [0, 0.1) is 3.57 Å². The van der Waals surface area contributed by atoms with E-state index in [0.717, 1.165) is 24.0 Å². The third-order valence-electron chi connectivity index (χ3n) is 4.82. The summed E-state index contributed by atoms with van der Waals surface area (Å²) in [7, 11) is -4.32. The van der Waals surface area contributed by atoms with Gasteiger partial charge in [-0.05, 0) is 77.0 Å². The average Bonchev–Trinajstić information content (AvgIpc) is 3.09. The molecule has 0 unspecified atom stereocenters. The molecule has 2 aromatic rings. The summed E-state index contributed by atoms with van der Waals surface area (Å²) in [6.45, 7) is 0.0283. The lowest BCUT2D eigenvalue weighted by Gasteiger charge is -2.25. The Morgan fingerprint density at radius 3 is 2.27 bits per heavy atom. The van der Waals surface area contributed by atoms with Crippen LogP contribution in [0.25, 0.3) is 0 Å². The van der Waals surface area contributed by atoms with Crippen LogP contribution in [-0.4, -0.2) is 60.5 Å². The highest BCUT2D eigenvalue weighted by molar-refractivity contribution is 14.1. The topological polar surface area (TPSA) is 95.1 Å². The highest BCUT2D eigenvalue weighted by Crippen LogP contribution is 2.31. The largest absolute Gasteiger partial charge is 0.310 e. The summed E-state index contributed by atoms with van der Waals surface area (Å²) in [6.07, 6.45) is 1.56. The summed E-state index contributed by atoms with van der Waals surface area (Å²) < 4.78 is 52.5. The molecule has 1 aliphatic rings. The molecule has 162 valence electrons. The van der Waals surface area contributed by atoms with E-state index in [0.29, 0.717) is 24.3 Å². The predicted octanol–water partition coefficient (Wildman–Crippen LogP) is 1.90. The van der Waals surface area contributed by atoms with Gasteiger partial charge in [-0.15, -0.1) is 0 Å². The van der Waals surface area contributed by atoms with E-state index in [1.54, 1.807) is 36.4 Å². The maximum absolute atomic E-state index is 13.0. The number of hydrogen-bond acceptors (Lipinski definition) is 5. The summed E-state index contributed by atoms with van der Waals surface area (Å²) in [5.41, 5.74) is 1.76. The second-order valence-corrected chi connectivity index (χ2v) is 12.4. The molecule has 0 saturated carbocycles. The van der Waals surface area contributed by atoms with Gasteiger partial charge in [-0.1, -0.05) is 0 Å². The molecule has 1 amide bonds. The molecular formula is C19H22IN3O5S2. The molecule has 8 nitrogen and oxygen atoms in total. The Kier molecular flexibility index (Phi) is 6.46. The van der Waals surface area contributed by atoms with Crippen molar-refractivity contribution in [3.8, 4) is 0 Å². The maximum Gasteiger partial charge on any atom is 0.247 e. The van der Waals surface area contributed by atoms with Crippen LogP contribution in [0.4, 0.5) is 11.4 Å². The van der Waals surface area contributed by atoms with Crippen LogP contribution in [0.5, 0.6) is 0 Å². The van der Waals surface area contributed by atoms with Crippen molar-refractivity contribution >= 4 is 59.9 Å². The molecule has 1 aliphatic heterocycles. The van der Waals surface area contributed by atoms with E-state index in [-0.39, 0.29) is 17.3 Å². The SMILES string of the molecule is CN(C)S(=O)(=O)c1ccc2c(c1)CCN2C(=O)CN(c1ccc(I)cc1)S(C)(=O)=O. The summed E-state index contributed by atoms with van der Waals surface area (Å²) in [6, 6.07) is 11.5. The monoisotopic (exact) mass is 563 g/mol. The van der Waals surface area contributed by atoms with Gasteiger partial charge in [0.1, 0.15) is 6.54 Å². The lowest BCUT2D eigenvalue weighted by Crippen LogP contribution is -2.42. The smallest absolute Gasteiger partial charge is 0.247 e.